The molecule has 0 aliphatic rings. The zero-order valence-corrected chi connectivity index (χ0v) is 18.7. The first-order valence-electron chi connectivity index (χ1n) is 10.0. The number of hydrogen-bond acceptors (Lipinski definition) is 4. The first-order valence-corrected chi connectivity index (χ1v) is 10.0. The summed E-state index contributed by atoms with van der Waals surface area (Å²) in [6.45, 7) is 8.15. The lowest BCUT2D eigenvalue weighted by atomic mass is 9.86. The Morgan fingerprint density at radius 2 is 1.70 bits per heavy atom. The van der Waals surface area contributed by atoms with Gasteiger partial charge in [0.15, 0.2) is 6.61 Å². The average molecular weight is 413 g/mol. The van der Waals surface area contributed by atoms with Crippen LogP contribution in [0, 0.1) is 0 Å². The normalized spacial score (nSPS) is 12.1. The predicted molar refractivity (Wildman–Crippen MR) is 118 cm³/mol. The van der Waals surface area contributed by atoms with Gasteiger partial charge in [0.1, 0.15) is 17.5 Å². The van der Waals surface area contributed by atoms with Gasteiger partial charge in [-0.2, -0.15) is 0 Å². The minimum Gasteiger partial charge on any atom is -0.497 e. The van der Waals surface area contributed by atoms with Crippen LogP contribution < -0.4 is 14.8 Å². The van der Waals surface area contributed by atoms with E-state index < -0.39 is 6.04 Å². The van der Waals surface area contributed by atoms with Crippen molar-refractivity contribution in [1.82, 2.24) is 10.2 Å². The van der Waals surface area contributed by atoms with Gasteiger partial charge in [-0.05, 0) is 41.7 Å². The van der Waals surface area contributed by atoms with Gasteiger partial charge in [0.05, 0.1) is 7.11 Å². The second-order valence-corrected chi connectivity index (χ2v) is 8.19. The van der Waals surface area contributed by atoms with Crippen molar-refractivity contribution in [3.8, 4) is 11.5 Å². The highest BCUT2D eigenvalue weighted by Crippen LogP contribution is 2.31. The van der Waals surface area contributed by atoms with Gasteiger partial charge in [-0.1, -0.05) is 51.1 Å². The Bertz CT molecular complexity index is 856. The fourth-order valence-corrected chi connectivity index (χ4v) is 3.15. The molecule has 0 saturated carbocycles. The first-order chi connectivity index (χ1) is 14.2. The Labute approximate surface area is 179 Å². The van der Waals surface area contributed by atoms with Crippen molar-refractivity contribution in [3.05, 3.63) is 59.7 Å². The van der Waals surface area contributed by atoms with E-state index in [1.54, 1.807) is 21.1 Å². The Morgan fingerprint density at radius 3 is 2.27 bits per heavy atom. The van der Waals surface area contributed by atoms with Gasteiger partial charge in [-0.3, -0.25) is 9.59 Å². The summed E-state index contributed by atoms with van der Waals surface area (Å²) in [6, 6.07) is 14.5. The summed E-state index contributed by atoms with van der Waals surface area (Å²) in [5.41, 5.74) is 1.81. The number of carbonyl (C=O) groups excluding carboxylic acids is 2. The topological polar surface area (TPSA) is 67.9 Å². The van der Waals surface area contributed by atoms with Gasteiger partial charge in [-0.25, -0.2) is 0 Å². The molecule has 2 aromatic rings. The van der Waals surface area contributed by atoms with E-state index in [4.69, 9.17) is 9.47 Å². The number of para-hydroxylation sites is 1. The minimum absolute atomic E-state index is 0.113. The van der Waals surface area contributed by atoms with Gasteiger partial charge in [-0.15, -0.1) is 0 Å². The van der Waals surface area contributed by atoms with Crippen LogP contribution in [0.15, 0.2) is 48.5 Å². The molecule has 6 nitrogen and oxygen atoms in total. The van der Waals surface area contributed by atoms with E-state index in [-0.39, 0.29) is 23.8 Å². The monoisotopic (exact) mass is 412 g/mol. The summed E-state index contributed by atoms with van der Waals surface area (Å²) in [5.74, 6) is 0.922. The lowest BCUT2D eigenvalue weighted by Gasteiger charge is -2.29. The smallest absolute Gasteiger partial charge is 0.261 e. The van der Waals surface area contributed by atoms with Crippen LogP contribution in [0.5, 0.6) is 11.5 Å². The standard InChI is InChI=1S/C24H32N2O4/c1-17(23(28)25-5)26(15-18-11-13-19(29-6)14-12-18)22(27)16-30-21-10-8-7-9-20(21)24(2,3)4/h7-14,17H,15-16H2,1-6H3,(H,25,28)/t17-/m1/s1. The zero-order valence-electron chi connectivity index (χ0n) is 18.7. The van der Waals surface area contributed by atoms with Crippen LogP contribution in [0.2, 0.25) is 0 Å². The number of nitrogens with zero attached hydrogens (tertiary/aromatic N) is 1. The van der Waals surface area contributed by atoms with E-state index in [1.165, 1.54) is 4.90 Å². The zero-order chi connectivity index (χ0) is 22.3. The van der Waals surface area contributed by atoms with E-state index >= 15 is 0 Å². The Hall–Kier alpha value is -3.02. The third kappa shape index (κ3) is 5.99. The van der Waals surface area contributed by atoms with Crippen LogP contribution in [-0.2, 0) is 21.5 Å². The van der Waals surface area contributed by atoms with Gasteiger partial charge in [0.2, 0.25) is 5.91 Å². The third-order valence-corrected chi connectivity index (χ3v) is 4.97. The highest BCUT2D eigenvalue weighted by molar-refractivity contribution is 5.87. The molecule has 6 heteroatoms. The number of methoxy groups -OCH3 is 1. The summed E-state index contributed by atoms with van der Waals surface area (Å²) >= 11 is 0. The van der Waals surface area contributed by atoms with Crippen LogP contribution in [0.25, 0.3) is 0 Å². The summed E-state index contributed by atoms with van der Waals surface area (Å²) in [7, 11) is 3.16. The van der Waals surface area contributed by atoms with E-state index in [0.717, 1.165) is 16.9 Å². The van der Waals surface area contributed by atoms with Gasteiger partial charge < -0.3 is 19.7 Å². The number of hydrogen-bond donors (Lipinski definition) is 1. The maximum absolute atomic E-state index is 13.1. The molecule has 0 aliphatic heterocycles. The Kier molecular flexibility index (Phi) is 7.86. The van der Waals surface area contributed by atoms with Crippen LogP contribution in [0.3, 0.4) is 0 Å². The van der Waals surface area contributed by atoms with Crippen molar-refractivity contribution in [2.24, 2.45) is 0 Å². The first kappa shape index (κ1) is 23.3. The molecule has 2 amide bonds. The highest BCUT2D eigenvalue weighted by atomic mass is 16.5. The molecule has 0 bridgehead atoms. The van der Waals surface area contributed by atoms with E-state index in [9.17, 15) is 9.59 Å². The number of likely N-dealkylation sites (N-methyl/N-ethyl adjacent to an activating group) is 1. The molecule has 2 rings (SSSR count). The van der Waals surface area contributed by atoms with Crippen LogP contribution in [0.4, 0.5) is 0 Å². The summed E-state index contributed by atoms with van der Waals surface area (Å²) in [4.78, 5) is 26.8. The minimum atomic E-state index is -0.633. The van der Waals surface area contributed by atoms with Gasteiger partial charge >= 0.3 is 0 Å². The molecule has 30 heavy (non-hydrogen) atoms. The molecule has 0 aromatic heterocycles. The second kappa shape index (κ2) is 10.1. The van der Waals surface area contributed by atoms with Gasteiger partial charge in [0, 0.05) is 13.6 Å². The third-order valence-electron chi connectivity index (χ3n) is 4.97. The molecular formula is C24H32N2O4. The Morgan fingerprint density at radius 1 is 1.07 bits per heavy atom. The summed E-state index contributed by atoms with van der Waals surface area (Å²) < 4.78 is 11.1. The average Bonchev–Trinajstić information content (AvgIpc) is 2.74. The molecule has 0 heterocycles. The molecule has 0 radical (unpaired) electrons. The Balaban J connectivity index is 2.19. The van der Waals surface area contributed by atoms with Crippen molar-refractivity contribution >= 4 is 11.8 Å². The molecule has 0 fully saturated rings. The van der Waals surface area contributed by atoms with Crippen molar-refractivity contribution in [2.45, 2.75) is 45.7 Å². The SMILES string of the molecule is CNC(=O)[C@@H](C)N(Cc1ccc(OC)cc1)C(=O)COc1ccccc1C(C)(C)C. The number of benzene rings is 2. The van der Waals surface area contributed by atoms with Crippen LogP contribution in [-0.4, -0.2) is 43.5 Å². The predicted octanol–water partition coefficient (Wildman–Crippen LogP) is 3.53. The number of ether oxygens (including phenoxy) is 2. The van der Waals surface area contributed by atoms with Crippen molar-refractivity contribution in [2.75, 3.05) is 20.8 Å². The maximum Gasteiger partial charge on any atom is 0.261 e. The number of amides is 2. The lowest BCUT2D eigenvalue weighted by Crippen LogP contribution is -2.48. The molecular weight excluding hydrogens is 380 g/mol. The molecule has 162 valence electrons. The van der Waals surface area contributed by atoms with Crippen LogP contribution in [0.1, 0.15) is 38.8 Å². The van der Waals surface area contributed by atoms with Crippen molar-refractivity contribution in [3.63, 3.8) is 0 Å². The summed E-state index contributed by atoms with van der Waals surface area (Å²) in [6.07, 6.45) is 0. The fourth-order valence-electron chi connectivity index (χ4n) is 3.15. The lowest BCUT2D eigenvalue weighted by molar-refractivity contribution is -0.142. The molecule has 0 spiro atoms. The largest absolute Gasteiger partial charge is 0.497 e. The van der Waals surface area contributed by atoms with Crippen molar-refractivity contribution in [1.29, 1.82) is 0 Å². The van der Waals surface area contributed by atoms with Crippen LogP contribution >= 0.6 is 0 Å². The van der Waals surface area contributed by atoms with E-state index in [1.807, 2.05) is 48.5 Å². The second-order valence-electron chi connectivity index (χ2n) is 8.19. The van der Waals surface area contributed by atoms with Crippen molar-refractivity contribution < 1.29 is 19.1 Å². The maximum atomic E-state index is 13.1. The molecule has 0 aliphatic carbocycles. The number of nitrogens with one attached hydrogen (secondary N) is 1. The number of carbonyl (C=O) groups is 2. The molecule has 1 N–H and O–H groups in total. The molecule has 0 saturated heterocycles. The van der Waals surface area contributed by atoms with Gasteiger partial charge in [0.25, 0.3) is 5.91 Å². The fraction of sp³-hybridized carbons (Fsp3) is 0.417. The molecule has 2 aromatic carbocycles. The molecule has 1 atom stereocenters. The summed E-state index contributed by atoms with van der Waals surface area (Å²) in [5, 5.41) is 2.61. The highest BCUT2D eigenvalue weighted by Gasteiger charge is 2.26. The quantitative estimate of drug-likeness (QED) is 0.720. The van der Waals surface area contributed by atoms with E-state index in [0.29, 0.717) is 12.3 Å². The number of rotatable bonds is 8. The molecule has 0 unspecified atom stereocenters. The van der Waals surface area contributed by atoms with E-state index in [2.05, 4.69) is 26.1 Å².